The van der Waals surface area contributed by atoms with Crippen molar-refractivity contribution in [1.29, 1.82) is 0 Å². The van der Waals surface area contributed by atoms with Crippen LogP contribution in [0, 0.1) is 11.8 Å². The molecule has 1 fully saturated rings. The van der Waals surface area contributed by atoms with Gasteiger partial charge in [0.05, 0.1) is 34.7 Å². The van der Waals surface area contributed by atoms with Crippen LogP contribution < -0.4 is 4.74 Å². The lowest BCUT2D eigenvalue weighted by atomic mass is 9.83. The molecule has 0 spiro atoms. The zero-order valence-corrected chi connectivity index (χ0v) is 21.7. The maximum absolute atomic E-state index is 12.0. The number of esters is 1. The summed E-state index contributed by atoms with van der Waals surface area (Å²) in [6.45, 7) is 2.27. The molecule has 5 rings (SSSR count). The molecular weight excluding hydrogens is 494 g/mol. The van der Waals surface area contributed by atoms with Crippen molar-refractivity contribution in [1.82, 2.24) is 15.0 Å². The Morgan fingerprint density at radius 1 is 1.03 bits per heavy atom. The van der Waals surface area contributed by atoms with E-state index in [1.165, 1.54) is 11.1 Å². The molecule has 1 saturated carbocycles. The number of carbonyl (C=O) groups excluding carboxylic acids is 1. The fourth-order valence-corrected chi connectivity index (χ4v) is 5.74. The summed E-state index contributed by atoms with van der Waals surface area (Å²) in [5.41, 5.74) is 5.66. The number of hydrogen-bond donors (Lipinski definition) is 2. The number of aromatic amines is 1. The minimum atomic E-state index is -0.731. The smallest absolute Gasteiger partial charge is 0.309 e. The van der Waals surface area contributed by atoms with Crippen LogP contribution in [-0.4, -0.2) is 44.7 Å². The van der Waals surface area contributed by atoms with Gasteiger partial charge in [-0.15, -0.1) is 0 Å². The van der Waals surface area contributed by atoms with Gasteiger partial charge in [-0.3, -0.25) is 9.59 Å². The molecule has 196 valence electrons. The van der Waals surface area contributed by atoms with E-state index in [9.17, 15) is 14.7 Å². The highest BCUT2D eigenvalue weighted by Gasteiger charge is 2.28. The van der Waals surface area contributed by atoms with Crippen molar-refractivity contribution in [2.24, 2.45) is 11.8 Å². The predicted octanol–water partition coefficient (Wildman–Crippen LogP) is 6.03. The number of fused-ring (bicyclic) bond motifs is 1. The molecule has 0 bridgehead atoms. The van der Waals surface area contributed by atoms with Crippen LogP contribution in [0.5, 0.6) is 6.01 Å². The number of pyridine rings is 1. The van der Waals surface area contributed by atoms with Gasteiger partial charge in [0, 0.05) is 0 Å². The first-order valence-corrected chi connectivity index (χ1v) is 13.5. The van der Waals surface area contributed by atoms with Crippen molar-refractivity contribution < 1.29 is 24.2 Å². The maximum Gasteiger partial charge on any atom is 0.309 e. The Morgan fingerprint density at radius 2 is 1.78 bits per heavy atom. The molecule has 2 N–H and O–H groups in total. The second-order valence-corrected chi connectivity index (χ2v) is 10.4. The Balaban J connectivity index is 1.26. The highest BCUT2D eigenvalue weighted by Crippen LogP contribution is 2.37. The number of carbonyl (C=O) groups is 2. The van der Waals surface area contributed by atoms with Crippen LogP contribution in [0.3, 0.4) is 0 Å². The second kappa shape index (κ2) is 11.1. The number of allylic oxidation sites excluding steroid dienone is 6. The number of aliphatic carboxylic acids is 1. The van der Waals surface area contributed by atoms with Crippen molar-refractivity contribution in [3.8, 4) is 6.01 Å². The Kier molecular flexibility index (Phi) is 7.65. The van der Waals surface area contributed by atoms with Gasteiger partial charge >= 0.3 is 11.9 Å². The van der Waals surface area contributed by atoms with E-state index in [1.807, 2.05) is 13.0 Å². The molecule has 0 aromatic carbocycles. The molecule has 9 heteroatoms. The van der Waals surface area contributed by atoms with Crippen LogP contribution >= 0.6 is 11.6 Å². The number of ether oxygens (including phenoxy) is 2. The molecule has 0 amide bonds. The van der Waals surface area contributed by atoms with Gasteiger partial charge in [-0.1, -0.05) is 29.8 Å². The van der Waals surface area contributed by atoms with E-state index in [1.54, 1.807) is 0 Å². The largest absolute Gasteiger partial charge is 0.481 e. The molecule has 1 unspecified atom stereocenters. The lowest BCUT2D eigenvalue weighted by Gasteiger charge is -2.25. The lowest BCUT2D eigenvalue weighted by molar-refractivity contribution is -0.148. The van der Waals surface area contributed by atoms with E-state index in [-0.39, 0.29) is 23.9 Å². The molecule has 2 aromatic heterocycles. The summed E-state index contributed by atoms with van der Waals surface area (Å²) < 4.78 is 11.2. The van der Waals surface area contributed by atoms with Gasteiger partial charge < -0.3 is 19.6 Å². The van der Waals surface area contributed by atoms with Crippen molar-refractivity contribution in [3.05, 3.63) is 46.2 Å². The van der Waals surface area contributed by atoms with Gasteiger partial charge in [0.2, 0.25) is 0 Å². The summed E-state index contributed by atoms with van der Waals surface area (Å²) in [4.78, 5) is 35.6. The Hall–Kier alpha value is -3.13. The summed E-state index contributed by atoms with van der Waals surface area (Å²) in [5.74, 6) is -1.14. The first-order valence-electron chi connectivity index (χ1n) is 13.1. The number of carboxylic acids is 1. The summed E-state index contributed by atoms with van der Waals surface area (Å²) >= 11 is 6.62. The van der Waals surface area contributed by atoms with E-state index in [0.29, 0.717) is 54.5 Å². The highest BCUT2D eigenvalue weighted by molar-refractivity contribution is 6.32. The van der Waals surface area contributed by atoms with Crippen LogP contribution in [0.1, 0.15) is 70.4 Å². The average Bonchev–Trinajstić information content (AvgIpc) is 3.29. The zero-order chi connectivity index (χ0) is 25.9. The fourth-order valence-electron chi connectivity index (χ4n) is 5.46. The topological polar surface area (TPSA) is 114 Å². The summed E-state index contributed by atoms with van der Waals surface area (Å²) in [7, 11) is 0. The van der Waals surface area contributed by atoms with E-state index in [0.717, 1.165) is 43.4 Å². The molecule has 0 aliphatic heterocycles. The molecule has 2 heterocycles. The number of halogens is 1. The summed E-state index contributed by atoms with van der Waals surface area (Å²) in [6, 6.07) is 2.22. The van der Waals surface area contributed by atoms with Crippen LogP contribution in [0.15, 0.2) is 35.4 Å². The highest BCUT2D eigenvalue weighted by atomic mass is 35.5. The summed E-state index contributed by atoms with van der Waals surface area (Å²) in [6.07, 6.45) is 13.1. The van der Waals surface area contributed by atoms with Crippen molar-refractivity contribution in [3.63, 3.8) is 0 Å². The number of nitrogens with zero attached hydrogens (tertiary/aromatic N) is 2. The van der Waals surface area contributed by atoms with Crippen molar-refractivity contribution in [2.45, 2.75) is 70.8 Å². The number of H-pyrrole nitrogens is 1. The molecule has 0 radical (unpaired) electrons. The molecule has 3 aliphatic rings. The normalized spacial score (nSPS) is 24.2. The van der Waals surface area contributed by atoms with Gasteiger partial charge in [-0.25, -0.2) is 4.98 Å². The lowest BCUT2D eigenvalue weighted by Crippen LogP contribution is -2.28. The van der Waals surface area contributed by atoms with Crippen LogP contribution in [-0.2, 0) is 14.3 Å². The van der Waals surface area contributed by atoms with Gasteiger partial charge in [0.1, 0.15) is 6.10 Å². The molecule has 0 saturated heterocycles. The second-order valence-electron chi connectivity index (χ2n) is 10.00. The van der Waals surface area contributed by atoms with E-state index in [4.69, 9.17) is 26.1 Å². The quantitative estimate of drug-likeness (QED) is 0.424. The molecule has 2 aromatic rings. The van der Waals surface area contributed by atoms with E-state index < -0.39 is 5.97 Å². The minimum Gasteiger partial charge on any atom is -0.481 e. The monoisotopic (exact) mass is 525 g/mol. The number of hydrogen-bond acceptors (Lipinski definition) is 6. The third kappa shape index (κ3) is 5.74. The van der Waals surface area contributed by atoms with Gasteiger partial charge in [0.15, 0.2) is 5.65 Å². The van der Waals surface area contributed by atoms with Crippen molar-refractivity contribution in [2.75, 3.05) is 6.61 Å². The zero-order valence-electron chi connectivity index (χ0n) is 21.0. The number of aromatic nitrogens is 3. The maximum atomic E-state index is 12.0. The van der Waals surface area contributed by atoms with E-state index in [2.05, 4.69) is 28.2 Å². The fraction of sp³-hybridized carbons (Fsp3) is 0.500. The Morgan fingerprint density at radius 3 is 2.43 bits per heavy atom. The van der Waals surface area contributed by atoms with E-state index >= 15 is 0 Å². The summed E-state index contributed by atoms with van der Waals surface area (Å²) in [5, 5.41) is 9.74. The third-order valence-electron chi connectivity index (χ3n) is 7.60. The molecule has 8 nitrogen and oxygen atoms in total. The number of imidazole rings is 1. The molecule has 3 aliphatic carbocycles. The predicted molar refractivity (Wildman–Crippen MR) is 140 cm³/mol. The van der Waals surface area contributed by atoms with Crippen LogP contribution in [0.25, 0.3) is 16.7 Å². The number of carboxylic acid groups (broad SMARTS) is 1. The molecular formula is C28H32ClN3O5. The standard InChI is InChI=1S/C28H32ClN3O5/c1-2-36-27(35)20-9-5-17(6-10-20)16-3-7-18(8-4-16)24-22(29)15-23-25(31-24)32-28(30-23)37-21-13-11-19(12-14-21)26(33)34/h3,5,7,15,19-21H,2,4,6,8-14H2,1H3,(H,33,34)(H,30,31,32). The van der Waals surface area contributed by atoms with Crippen LogP contribution in [0.4, 0.5) is 0 Å². The van der Waals surface area contributed by atoms with Gasteiger partial charge in [0.25, 0.3) is 6.01 Å². The van der Waals surface area contributed by atoms with Crippen molar-refractivity contribution >= 4 is 40.3 Å². The number of nitrogens with one attached hydrogen (secondary N) is 1. The third-order valence-corrected chi connectivity index (χ3v) is 7.89. The molecule has 37 heavy (non-hydrogen) atoms. The Bertz CT molecular complexity index is 1290. The number of rotatable bonds is 7. The van der Waals surface area contributed by atoms with Crippen LogP contribution in [0.2, 0.25) is 5.02 Å². The minimum absolute atomic E-state index is 0.0313. The average molecular weight is 526 g/mol. The van der Waals surface area contributed by atoms with Gasteiger partial charge in [-0.05, 0) is 87.5 Å². The first kappa shape index (κ1) is 25.5. The molecule has 1 atom stereocenters. The first-order chi connectivity index (χ1) is 17.9. The van der Waals surface area contributed by atoms with Gasteiger partial charge in [-0.2, -0.15) is 4.98 Å². The Labute approximate surface area is 220 Å². The SMILES string of the molecule is CCOC(=O)C1CC=C(C2=CC=C(c3nc4nc(OC5CCC(C(=O)O)CC5)[nH]c4cc3Cl)CC2)CC1.